The van der Waals surface area contributed by atoms with Crippen LogP contribution in [-0.4, -0.2) is 13.6 Å². The normalized spacial score (nSPS) is 10.1. The monoisotopic (exact) mass is 203 g/mol. The van der Waals surface area contributed by atoms with Gasteiger partial charge in [0.05, 0.1) is 16.9 Å². The summed E-state index contributed by atoms with van der Waals surface area (Å²) >= 11 is 0. The summed E-state index contributed by atoms with van der Waals surface area (Å²) < 4.78 is 0. The molecule has 15 heavy (non-hydrogen) atoms. The Labute approximate surface area is 91.1 Å². The van der Waals surface area contributed by atoms with Crippen LogP contribution in [0.3, 0.4) is 0 Å². The van der Waals surface area contributed by atoms with Gasteiger partial charge in [0, 0.05) is 13.6 Å². The maximum atomic E-state index is 8.86. The van der Waals surface area contributed by atoms with Gasteiger partial charge in [0.15, 0.2) is 0 Å². The third-order valence-corrected chi connectivity index (χ3v) is 2.25. The van der Waals surface area contributed by atoms with E-state index in [0.717, 1.165) is 12.2 Å². The number of benzene rings is 1. The van der Waals surface area contributed by atoms with Crippen molar-refractivity contribution in [2.75, 3.05) is 24.2 Å². The first-order chi connectivity index (χ1) is 7.06. The van der Waals surface area contributed by atoms with Crippen molar-refractivity contribution in [3.05, 3.63) is 23.8 Å². The molecule has 0 atom stereocenters. The first kappa shape index (κ1) is 11.4. The second-order valence-electron chi connectivity index (χ2n) is 4.12. The Kier molecular flexibility index (Phi) is 3.56. The van der Waals surface area contributed by atoms with Crippen molar-refractivity contribution in [1.82, 2.24) is 0 Å². The number of nitriles is 1. The summed E-state index contributed by atoms with van der Waals surface area (Å²) in [7, 11) is 1.99. The largest absolute Gasteiger partial charge is 0.396 e. The molecule has 0 saturated heterocycles. The van der Waals surface area contributed by atoms with Crippen LogP contribution >= 0.6 is 0 Å². The number of hydrogen-bond donors (Lipinski definition) is 1. The maximum Gasteiger partial charge on any atom is 0.101 e. The number of nitrogen functional groups attached to an aromatic ring is 1. The van der Waals surface area contributed by atoms with Crippen molar-refractivity contribution in [1.29, 1.82) is 5.26 Å². The fourth-order valence-electron chi connectivity index (χ4n) is 1.63. The average Bonchev–Trinajstić information content (AvgIpc) is 2.17. The minimum absolute atomic E-state index is 0.545. The Morgan fingerprint density at radius 3 is 2.67 bits per heavy atom. The molecular weight excluding hydrogens is 186 g/mol. The van der Waals surface area contributed by atoms with Gasteiger partial charge in [0.25, 0.3) is 0 Å². The SMILES string of the molecule is CC(C)CN(C)c1cccc(C#N)c1N. The van der Waals surface area contributed by atoms with Crippen molar-refractivity contribution < 1.29 is 0 Å². The van der Waals surface area contributed by atoms with Gasteiger partial charge in [-0.2, -0.15) is 5.26 Å². The lowest BCUT2D eigenvalue weighted by molar-refractivity contribution is 0.639. The van der Waals surface area contributed by atoms with E-state index >= 15 is 0 Å². The molecule has 0 amide bonds. The molecule has 3 nitrogen and oxygen atoms in total. The average molecular weight is 203 g/mol. The molecule has 0 spiro atoms. The molecule has 1 aromatic rings. The Balaban J connectivity index is 3.00. The highest BCUT2D eigenvalue weighted by Gasteiger charge is 2.09. The summed E-state index contributed by atoms with van der Waals surface area (Å²) in [5.74, 6) is 0.570. The molecule has 1 rings (SSSR count). The highest BCUT2D eigenvalue weighted by Crippen LogP contribution is 2.25. The standard InChI is InChI=1S/C12H17N3/c1-9(2)8-15(3)11-6-4-5-10(7-13)12(11)14/h4-6,9H,8,14H2,1-3H3. The molecule has 0 fully saturated rings. The van der Waals surface area contributed by atoms with E-state index in [-0.39, 0.29) is 0 Å². The van der Waals surface area contributed by atoms with Crippen LogP contribution in [-0.2, 0) is 0 Å². The second kappa shape index (κ2) is 4.70. The van der Waals surface area contributed by atoms with Gasteiger partial charge in [-0.1, -0.05) is 19.9 Å². The molecule has 0 heterocycles. The summed E-state index contributed by atoms with van der Waals surface area (Å²) in [4.78, 5) is 2.08. The third-order valence-electron chi connectivity index (χ3n) is 2.25. The van der Waals surface area contributed by atoms with Crippen LogP contribution in [0.5, 0.6) is 0 Å². The van der Waals surface area contributed by atoms with Gasteiger partial charge in [-0.25, -0.2) is 0 Å². The number of nitrogens with zero attached hydrogens (tertiary/aromatic N) is 2. The van der Waals surface area contributed by atoms with Crippen molar-refractivity contribution in [3.63, 3.8) is 0 Å². The highest BCUT2D eigenvalue weighted by atomic mass is 15.1. The molecule has 0 unspecified atom stereocenters. The molecule has 80 valence electrons. The molecule has 0 aliphatic carbocycles. The fraction of sp³-hybridized carbons (Fsp3) is 0.417. The summed E-state index contributed by atoms with van der Waals surface area (Å²) in [6, 6.07) is 7.64. The lowest BCUT2D eigenvalue weighted by Crippen LogP contribution is -2.23. The van der Waals surface area contributed by atoms with Crippen molar-refractivity contribution in [3.8, 4) is 6.07 Å². The van der Waals surface area contributed by atoms with E-state index in [2.05, 4.69) is 24.8 Å². The summed E-state index contributed by atoms with van der Waals surface area (Å²) in [6.07, 6.45) is 0. The summed E-state index contributed by atoms with van der Waals surface area (Å²) in [5, 5.41) is 8.86. The van der Waals surface area contributed by atoms with Crippen LogP contribution < -0.4 is 10.6 Å². The molecule has 0 saturated carbocycles. The van der Waals surface area contributed by atoms with E-state index in [1.165, 1.54) is 0 Å². The van der Waals surface area contributed by atoms with Gasteiger partial charge in [0.2, 0.25) is 0 Å². The molecule has 3 heteroatoms. The van der Waals surface area contributed by atoms with Crippen LogP contribution in [0.25, 0.3) is 0 Å². The summed E-state index contributed by atoms with van der Waals surface area (Å²) in [5.41, 5.74) is 7.96. The predicted octanol–water partition coefficient (Wildman–Crippen LogP) is 2.23. The quantitative estimate of drug-likeness (QED) is 0.766. The molecule has 0 radical (unpaired) electrons. The molecule has 0 aliphatic rings. The minimum atomic E-state index is 0.545. The maximum absolute atomic E-state index is 8.86. The van der Waals surface area contributed by atoms with Gasteiger partial charge in [-0.05, 0) is 18.1 Å². The number of hydrogen-bond acceptors (Lipinski definition) is 3. The number of para-hydroxylation sites is 1. The second-order valence-corrected chi connectivity index (χ2v) is 4.12. The van der Waals surface area contributed by atoms with Crippen molar-refractivity contribution >= 4 is 11.4 Å². The third kappa shape index (κ3) is 2.63. The minimum Gasteiger partial charge on any atom is -0.396 e. The molecule has 1 aromatic carbocycles. The number of rotatable bonds is 3. The van der Waals surface area contributed by atoms with Crippen molar-refractivity contribution in [2.45, 2.75) is 13.8 Å². The van der Waals surface area contributed by atoms with Gasteiger partial charge in [-0.3, -0.25) is 0 Å². The van der Waals surface area contributed by atoms with Gasteiger partial charge in [0.1, 0.15) is 6.07 Å². The summed E-state index contributed by atoms with van der Waals surface area (Å²) in [6.45, 7) is 5.24. The van der Waals surface area contributed by atoms with Crippen LogP contribution in [0.15, 0.2) is 18.2 Å². The van der Waals surface area contributed by atoms with E-state index in [0.29, 0.717) is 17.2 Å². The highest BCUT2D eigenvalue weighted by molar-refractivity contribution is 5.73. The van der Waals surface area contributed by atoms with Crippen LogP contribution in [0.2, 0.25) is 0 Å². The van der Waals surface area contributed by atoms with Crippen molar-refractivity contribution in [2.24, 2.45) is 5.92 Å². The molecule has 0 aliphatic heterocycles. The van der Waals surface area contributed by atoms with E-state index in [9.17, 15) is 0 Å². The van der Waals surface area contributed by atoms with Crippen LogP contribution in [0, 0.1) is 17.2 Å². The van der Waals surface area contributed by atoms with Gasteiger partial charge >= 0.3 is 0 Å². The van der Waals surface area contributed by atoms with Crippen LogP contribution in [0.1, 0.15) is 19.4 Å². The predicted molar refractivity (Wildman–Crippen MR) is 63.7 cm³/mol. The Morgan fingerprint density at radius 2 is 2.13 bits per heavy atom. The molecule has 0 aromatic heterocycles. The number of nitrogens with two attached hydrogens (primary N) is 1. The smallest absolute Gasteiger partial charge is 0.101 e. The molecule has 2 N–H and O–H groups in total. The van der Waals surface area contributed by atoms with Crippen LogP contribution in [0.4, 0.5) is 11.4 Å². The lowest BCUT2D eigenvalue weighted by atomic mass is 10.1. The molecular formula is C12H17N3. The van der Waals surface area contributed by atoms with E-state index in [1.807, 2.05) is 19.2 Å². The van der Waals surface area contributed by atoms with Gasteiger partial charge in [-0.15, -0.1) is 0 Å². The molecule has 0 bridgehead atoms. The zero-order valence-corrected chi connectivity index (χ0v) is 9.49. The topological polar surface area (TPSA) is 53.0 Å². The van der Waals surface area contributed by atoms with E-state index in [4.69, 9.17) is 11.0 Å². The fourth-order valence-corrected chi connectivity index (χ4v) is 1.63. The zero-order valence-electron chi connectivity index (χ0n) is 9.49. The Hall–Kier alpha value is -1.69. The first-order valence-corrected chi connectivity index (χ1v) is 5.06. The Bertz CT molecular complexity index is 377. The van der Waals surface area contributed by atoms with E-state index < -0.39 is 0 Å². The lowest BCUT2D eigenvalue weighted by Gasteiger charge is -2.23. The van der Waals surface area contributed by atoms with E-state index in [1.54, 1.807) is 6.07 Å². The zero-order chi connectivity index (χ0) is 11.4. The Morgan fingerprint density at radius 1 is 1.47 bits per heavy atom. The number of anilines is 2. The first-order valence-electron chi connectivity index (χ1n) is 5.06. The van der Waals surface area contributed by atoms with Gasteiger partial charge < -0.3 is 10.6 Å².